The van der Waals surface area contributed by atoms with Crippen LogP contribution in [0.4, 0.5) is 5.69 Å². The Hall–Kier alpha value is -3.60. The topological polar surface area (TPSA) is 103 Å². The van der Waals surface area contributed by atoms with Crippen molar-refractivity contribution in [1.82, 2.24) is 14.9 Å². The summed E-state index contributed by atoms with van der Waals surface area (Å²) >= 11 is 6.17. The fourth-order valence-corrected chi connectivity index (χ4v) is 5.21. The lowest BCUT2D eigenvalue weighted by atomic mass is 10.2. The van der Waals surface area contributed by atoms with Gasteiger partial charge in [-0.3, -0.25) is 9.71 Å². The van der Waals surface area contributed by atoms with Crippen molar-refractivity contribution in [3.63, 3.8) is 0 Å². The normalized spacial score (nSPS) is 11.5. The quantitative estimate of drug-likeness (QED) is 0.278. The van der Waals surface area contributed by atoms with E-state index in [1.165, 1.54) is 6.07 Å². The van der Waals surface area contributed by atoms with Gasteiger partial charge in [0.15, 0.2) is 11.5 Å². The van der Waals surface area contributed by atoms with Gasteiger partial charge in [0.05, 0.1) is 23.0 Å². The molecule has 0 saturated heterocycles. The number of aromatic nitrogens is 2. The Morgan fingerprint density at radius 3 is 2.58 bits per heavy atom. The minimum atomic E-state index is -4.00. The van der Waals surface area contributed by atoms with Gasteiger partial charge in [-0.05, 0) is 74.6 Å². The number of rotatable bonds is 11. The van der Waals surface area contributed by atoms with E-state index in [0.717, 1.165) is 12.1 Å². The highest BCUT2D eigenvalue weighted by Crippen LogP contribution is 2.32. The molecule has 0 radical (unpaired) electrons. The average molecular weight is 557 g/mol. The van der Waals surface area contributed by atoms with Crippen LogP contribution in [-0.4, -0.2) is 57.6 Å². The molecule has 0 amide bonds. The van der Waals surface area contributed by atoms with Gasteiger partial charge >= 0.3 is 0 Å². The summed E-state index contributed by atoms with van der Waals surface area (Å²) in [4.78, 5) is 10.9. The zero-order valence-corrected chi connectivity index (χ0v) is 23.1. The smallest absolute Gasteiger partial charge is 0.262 e. The molecule has 0 spiro atoms. The molecule has 4 aromatic rings. The third-order valence-corrected chi connectivity index (χ3v) is 7.62. The van der Waals surface area contributed by atoms with Crippen molar-refractivity contribution in [1.29, 1.82) is 0 Å². The van der Waals surface area contributed by atoms with Gasteiger partial charge in [0.1, 0.15) is 18.9 Å². The zero-order chi connectivity index (χ0) is 27.3. The second kappa shape index (κ2) is 11.8. The van der Waals surface area contributed by atoms with Crippen LogP contribution in [0.25, 0.3) is 11.0 Å². The minimum Gasteiger partial charge on any atom is -0.493 e. The first-order valence-electron chi connectivity index (χ1n) is 11.8. The molecule has 9 nitrogen and oxygen atoms in total. The largest absolute Gasteiger partial charge is 0.493 e. The van der Waals surface area contributed by atoms with Crippen molar-refractivity contribution in [2.24, 2.45) is 0 Å². The maximum absolute atomic E-state index is 13.3. The Labute approximate surface area is 227 Å². The van der Waals surface area contributed by atoms with Crippen molar-refractivity contribution in [3.8, 4) is 17.4 Å². The van der Waals surface area contributed by atoms with Crippen LogP contribution in [0, 0.1) is 6.92 Å². The SMILES string of the molecule is COc1ccc(COc2nc3cccnc3cc2NS(=O)(=O)c2cccc(Cl)c2C)cc1OCCN(C)C. The van der Waals surface area contributed by atoms with Crippen molar-refractivity contribution in [3.05, 3.63) is 76.9 Å². The van der Waals surface area contributed by atoms with E-state index in [2.05, 4.69) is 14.7 Å². The first-order chi connectivity index (χ1) is 18.2. The predicted octanol–water partition coefficient (Wildman–Crippen LogP) is 4.92. The Balaban J connectivity index is 1.63. The van der Waals surface area contributed by atoms with Gasteiger partial charge in [-0.1, -0.05) is 23.7 Å². The molecule has 0 unspecified atom stereocenters. The third-order valence-electron chi connectivity index (χ3n) is 5.70. The summed E-state index contributed by atoms with van der Waals surface area (Å²) in [5.41, 5.74) is 2.47. The lowest BCUT2D eigenvalue weighted by Crippen LogP contribution is -2.19. The average Bonchev–Trinajstić information content (AvgIpc) is 2.88. The van der Waals surface area contributed by atoms with Gasteiger partial charge in [-0.25, -0.2) is 13.4 Å². The van der Waals surface area contributed by atoms with Crippen molar-refractivity contribution in [2.75, 3.05) is 39.1 Å². The lowest BCUT2D eigenvalue weighted by molar-refractivity contribution is 0.249. The number of methoxy groups -OCH3 is 1. The van der Waals surface area contributed by atoms with Crippen LogP contribution in [0.5, 0.6) is 17.4 Å². The van der Waals surface area contributed by atoms with E-state index in [1.807, 2.05) is 31.1 Å². The fraction of sp³-hybridized carbons (Fsp3) is 0.259. The molecule has 0 aliphatic heterocycles. The van der Waals surface area contributed by atoms with Gasteiger partial charge in [-0.15, -0.1) is 0 Å². The molecule has 2 heterocycles. The molecule has 0 atom stereocenters. The van der Waals surface area contributed by atoms with Crippen molar-refractivity contribution in [2.45, 2.75) is 18.4 Å². The maximum atomic E-state index is 13.3. The summed E-state index contributed by atoms with van der Waals surface area (Å²) in [6.45, 7) is 2.99. The first-order valence-corrected chi connectivity index (χ1v) is 13.6. The Bertz CT molecular complexity index is 1550. The van der Waals surface area contributed by atoms with Crippen LogP contribution in [0.1, 0.15) is 11.1 Å². The van der Waals surface area contributed by atoms with Gasteiger partial charge < -0.3 is 19.1 Å². The van der Waals surface area contributed by atoms with Crippen LogP contribution >= 0.6 is 11.6 Å². The molecular formula is C27H29ClN4O5S. The number of anilines is 1. The molecule has 0 fully saturated rings. The molecule has 2 aromatic heterocycles. The Kier molecular flexibility index (Phi) is 8.55. The van der Waals surface area contributed by atoms with Crippen LogP contribution < -0.4 is 18.9 Å². The monoisotopic (exact) mass is 556 g/mol. The van der Waals surface area contributed by atoms with E-state index in [1.54, 1.807) is 56.6 Å². The highest BCUT2D eigenvalue weighted by atomic mass is 35.5. The molecule has 4 rings (SSSR count). The van der Waals surface area contributed by atoms with Gasteiger partial charge in [0.25, 0.3) is 10.0 Å². The molecular weight excluding hydrogens is 528 g/mol. The maximum Gasteiger partial charge on any atom is 0.262 e. The molecule has 200 valence electrons. The summed E-state index contributed by atoms with van der Waals surface area (Å²) in [6, 6.07) is 15.3. The number of ether oxygens (including phenoxy) is 3. The number of hydrogen-bond donors (Lipinski definition) is 1. The predicted molar refractivity (Wildman–Crippen MR) is 148 cm³/mol. The van der Waals surface area contributed by atoms with Crippen molar-refractivity contribution >= 4 is 38.3 Å². The van der Waals surface area contributed by atoms with E-state index in [-0.39, 0.29) is 23.1 Å². The van der Waals surface area contributed by atoms with E-state index in [0.29, 0.717) is 39.7 Å². The van der Waals surface area contributed by atoms with Crippen LogP contribution in [0.3, 0.4) is 0 Å². The second-order valence-electron chi connectivity index (χ2n) is 8.78. The van der Waals surface area contributed by atoms with E-state index in [4.69, 9.17) is 25.8 Å². The first kappa shape index (κ1) is 27.4. The zero-order valence-electron chi connectivity index (χ0n) is 21.6. The lowest BCUT2D eigenvalue weighted by Gasteiger charge is -2.16. The number of pyridine rings is 2. The molecule has 0 bridgehead atoms. The summed E-state index contributed by atoms with van der Waals surface area (Å²) < 4.78 is 46.6. The van der Waals surface area contributed by atoms with Crippen LogP contribution in [0.2, 0.25) is 5.02 Å². The fourth-order valence-electron chi connectivity index (χ4n) is 3.66. The minimum absolute atomic E-state index is 0.0618. The molecule has 38 heavy (non-hydrogen) atoms. The number of halogens is 1. The Morgan fingerprint density at radius 1 is 1.00 bits per heavy atom. The molecule has 1 N–H and O–H groups in total. The number of likely N-dealkylation sites (N-methyl/N-ethyl adjacent to an activating group) is 1. The van der Waals surface area contributed by atoms with Gasteiger partial charge in [0, 0.05) is 17.8 Å². The number of sulfonamides is 1. The summed E-state index contributed by atoms with van der Waals surface area (Å²) in [7, 11) is 1.52. The van der Waals surface area contributed by atoms with Crippen molar-refractivity contribution < 1.29 is 22.6 Å². The van der Waals surface area contributed by atoms with Crippen LogP contribution in [-0.2, 0) is 16.6 Å². The summed E-state index contributed by atoms with van der Waals surface area (Å²) in [6.07, 6.45) is 1.61. The highest BCUT2D eigenvalue weighted by molar-refractivity contribution is 7.92. The molecule has 0 saturated carbocycles. The van der Waals surface area contributed by atoms with Gasteiger partial charge in [-0.2, -0.15) is 0 Å². The third kappa shape index (κ3) is 6.45. The number of benzene rings is 2. The standard InChI is InChI=1S/C27H29ClN4O5S/c1-18-20(28)7-5-9-26(18)38(33,34)31-23-16-22-21(8-6-12-29-22)30-27(23)37-17-19-10-11-24(35-4)25(15-19)36-14-13-32(2)3/h5-12,15-16,31H,13-14,17H2,1-4H3. The number of fused-ring (bicyclic) bond motifs is 1. The summed E-state index contributed by atoms with van der Waals surface area (Å²) in [5, 5.41) is 0.353. The second-order valence-corrected chi connectivity index (χ2v) is 10.8. The van der Waals surface area contributed by atoms with E-state index >= 15 is 0 Å². The number of nitrogens with zero attached hydrogens (tertiary/aromatic N) is 3. The molecule has 11 heteroatoms. The Morgan fingerprint density at radius 2 is 1.82 bits per heavy atom. The van der Waals surface area contributed by atoms with E-state index in [9.17, 15) is 8.42 Å². The van der Waals surface area contributed by atoms with Crippen LogP contribution in [0.15, 0.2) is 65.7 Å². The molecule has 2 aromatic carbocycles. The molecule has 0 aliphatic rings. The highest BCUT2D eigenvalue weighted by Gasteiger charge is 2.22. The van der Waals surface area contributed by atoms with E-state index < -0.39 is 10.0 Å². The molecule has 0 aliphatic carbocycles. The number of nitrogens with one attached hydrogen (secondary N) is 1. The summed E-state index contributed by atoms with van der Waals surface area (Å²) in [5.74, 6) is 1.30. The number of hydrogen-bond acceptors (Lipinski definition) is 8. The van der Waals surface area contributed by atoms with Gasteiger partial charge in [0.2, 0.25) is 5.88 Å².